The lowest BCUT2D eigenvalue weighted by Crippen LogP contribution is -2.46. The normalized spacial score (nSPS) is 11.1. The Morgan fingerprint density at radius 3 is 2.06 bits per heavy atom. The number of halogens is 1. The monoisotopic (exact) mass is 248 g/mol. The van der Waals surface area contributed by atoms with Gasteiger partial charge in [0.2, 0.25) is 11.8 Å². The topological polar surface area (TPSA) is 40.6 Å². The van der Waals surface area contributed by atoms with E-state index in [1.165, 1.54) is 9.80 Å². The van der Waals surface area contributed by atoms with Gasteiger partial charge in [0.05, 0.1) is 12.0 Å². The molecule has 4 nitrogen and oxygen atoms in total. The molecule has 5 heteroatoms. The van der Waals surface area contributed by atoms with E-state index < -0.39 is 5.41 Å². The van der Waals surface area contributed by atoms with Crippen LogP contribution in [0.5, 0.6) is 0 Å². The maximum Gasteiger partial charge on any atom is 0.241 e. The molecule has 0 saturated carbocycles. The lowest BCUT2D eigenvalue weighted by atomic mass is 9.94. The van der Waals surface area contributed by atoms with Crippen LogP contribution in [0, 0.1) is 5.41 Å². The zero-order chi connectivity index (χ0) is 12.9. The van der Waals surface area contributed by atoms with Crippen molar-refractivity contribution in [2.24, 2.45) is 5.41 Å². The number of hydrogen-bond acceptors (Lipinski definition) is 2. The minimum absolute atomic E-state index is 0.0828. The number of carbonyl (C=O) groups is 2. The number of likely N-dealkylation sites (N-methyl/N-ethyl adjacent to an activating group) is 2. The fourth-order valence-electron chi connectivity index (χ4n) is 1.12. The molecular formula is C11H21ClN2O2. The molecule has 0 aromatic heterocycles. The Labute approximate surface area is 103 Å². The molecular weight excluding hydrogens is 228 g/mol. The molecule has 0 atom stereocenters. The molecule has 0 aromatic carbocycles. The second kappa shape index (κ2) is 6.09. The van der Waals surface area contributed by atoms with Crippen molar-refractivity contribution in [1.82, 2.24) is 9.80 Å². The predicted molar refractivity (Wildman–Crippen MR) is 65.4 cm³/mol. The molecule has 0 fully saturated rings. The summed E-state index contributed by atoms with van der Waals surface area (Å²) in [5, 5.41) is 0. The van der Waals surface area contributed by atoms with Gasteiger partial charge in [0.25, 0.3) is 0 Å². The van der Waals surface area contributed by atoms with Crippen molar-refractivity contribution in [2.75, 3.05) is 33.1 Å². The van der Waals surface area contributed by atoms with Crippen LogP contribution in [0.1, 0.15) is 20.8 Å². The maximum atomic E-state index is 12.1. The molecule has 0 aliphatic heterocycles. The Hall–Kier alpha value is -0.770. The Balaban J connectivity index is 4.63. The molecule has 16 heavy (non-hydrogen) atoms. The minimum Gasteiger partial charge on any atom is -0.347 e. The molecule has 0 saturated heterocycles. The largest absolute Gasteiger partial charge is 0.347 e. The van der Waals surface area contributed by atoms with Gasteiger partial charge in [-0.05, 0) is 20.8 Å². The van der Waals surface area contributed by atoms with Gasteiger partial charge in [0.1, 0.15) is 0 Å². The molecule has 0 N–H and O–H groups in total. The van der Waals surface area contributed by atoms with Crippen LogP contribution in [0.15, 0.2) is 0 Å². The smallest absolute Gasteiger partial charge is 0.241 e. The first-order valence-corrected chi connectivity index (χ1v) is 5.85. The van der Waals surface area contributed by atoms with Crippen molar-refractivity contribution in [2.45, 2.75) is 20.8 Å². The van der Waals surface area contributed by atoms with Gasteiger partial charge >= 0.3 is 0 Å². The molecule has 0 aliphatic carbocycles. The average Bonchev–Trinajstić information content (AvgIpc) is 2.24. The molecule has 0 rings (SSSR count). The Bertz CT molecular complexity index is 265. The van der Waals surface area contributed by atoms with E-state index in [0.29, 0.717) is 6.54 Å². The first-order valence-electron chi connectivity index (χ1n) is 5.31. The van der Waals surface area contributed by atoms with Crippen molar-refractivity contribution < 1.29 is 9.59 Å². The van der Waals surface area contributed by atoms with E-state index in [4.69, 9.17) is 11.6 Å². The van der Waals surface area contributed by atoms with Crippen LogP contribution >= 0.6 is 11.6 Å². The van der Waals surface area contributed by atoms with E-state index >= 15 is 0 Å². The zero-order valence-corrected chi connectivity index (χ0v) is 11.5. The maximum absolute atomic E-state index is 12.1. The standard InChI is InChI=1S/C11H21ClN2O2/c1-6-14(7-9(15)13(4)5)10(16)11(2,3)8-12/h6-8H2,1-5H3. The lowest BCUT2D eigenvalue weighted by molar-refractivity contribution is -0.144. The van der Waals surface area contributed by atoms with Gasteiger partial charge in [-0.25, -0.2) is 0 Å². The predicted octanol–water partition coefficient (Wildman–Crippen LogP) is 1.19. The summed E-state index contributed by atoms with van der Waals surface area (Å²) < 4.78 is 0. The third-order valence-electron chi connectivity index (χ3n) is 2.41. The van der Waals surface area contributed by atoms with Crippen LogP contribution in [-0.2, 0) is 9.59 Å². The third kappa shape index (κ3) is 4.00. The number of rotatable bonds is 5. The van der Waals surface area contributed by atoms with Crippen LogP contribution < -0.4 is 0 Å². The molecule has 0 radical (unpaired) electrons. The minimum atomic E-state index is -0.621. The first kappa shape index (κ1) is 15.2. The molecule has 0 aliphatic rings. The second-order valence-electron chi connectivity index (χ2n) is 4.63. The van der Waals surface area contributed by atoms with Crippen LogP contribution in [-0.4, -0.2) is 54.7 Å². The highest BCUT2D eigenvalue weighted by Crippen LogP contribution is 2.20. The third-order valence-corrected chi connectivity index (χ3v) is 3.08. The fourth-order valence-corrected chi connectivity index (χ4v) is 1.23. The van der Waals surface area contributed by atoms with Gasteiger partial charge in [-0.1, -0.05) is 0 Å². The van der Waals surface area contributed by atoms with Crippen LogP contribution in [0.4, 0.5) is 0 Å². The SMILES string of the molecule is CCN(CC(=O)N(C)C)C(=O)C(C)(C)CCl. The van der Waals surface area contributed by atoms with Gasteiger partial charge in [0.15, 0.2) is 0 Å². The Morgan fingerprint density at radius 1 is 1.25 bits per heavy atom. The summed E-state index contributed by atoms with van der Waals surface area (Å²) in [4.78, 5) is 26.6. The summed E-state index contributed by atoms with van der Waals surface area (Å²) >= 11 is 5.75. The van der Waals surface area contributed by atoms with E-state index in [0.717, 1.165) is 0 Å². The molecule has 0 aromatic rings. The van der Waals surface area contributed by atoms with Gasteiger partial charge in [-0.3, -0.25) is 9.59 Å². The van der Waals surface area contributed by atoms with E-state index in [1.54, 1.807) is 27.9 Å². The second-order valence-corrected chi connectivity index (χ2v) is 4.89. The Morgan fingerprint density at radius 2 is 1.75 bits per heavy atom. The van der Waals surface area contributed by atoms with Crippen molar-refractivity contribution in [3.05, 3.63) is 0 Å². The molecule has 94 valence electrons. The quantitative estimate of drug-likeness (QED) is 0.686. The number of carbonyl (C=O) groups excluding carboxylic acids is 2. The van der Waals surface area contributed by atoms with E-state index in [-0.39, 0.29) is 24.2 Å². The summed E-state index contributed by atoms with van der Waals surface area (Å²) in [6.45, 7) is 6.04. The first-order chi connectivity index (χ1) is 7.26. The number of amides is 2. The average molecular weight is 249 g/mol. The van der Waals surface area contributed by atoms with Crippen molar-refractivity contribution in [3.8, 4) is 0 Å². The molecule has 2 amide bonds. The van der Waals surface area contributed by atoms with Crippen molar-refractivity contribution >= 4 is 23.4 Å². The lowest BCUT2D eigenvalue weighted by Gasteiger charge is -2.30. The van der Waals surface area contributed by atoms with Crippen LogP contribution in [0.25, 0.3) is 0 Å². The number of alkyl halides is 1. The summed E-state index contributed by atoms with van der Waals surface area (Å²) in [5.41, 5.74) is -0.621. The van der Waals surface area contributed by atoms with E-state index in [1.807, 2.05) is 6.92 Å². The van der Waals surface area contributed by atoms with Gasteiger partial charge < -0.3 is 9.80 Å². The molecule has 0 bridgehead atoms. The fraction of sp³-hybridized carbons (Fsp3) is 0.818. The summed E-state index contributed by atoms with van der Waals surface area (Å²) in [6.07, 6.45) is 0. The summed E-state index contributed by atoms with van der Waals surface area (Å²) in [6, 6.07) is 0. The van der Waals surface area contributed by atoms with Gasteiger partial charge in [-0.2, -0.15) is 0 Å². The highest BCUT2D eigenvalue weighted by Gasteiger charge is 2.31. The molecule has 0 spiro atoms. The highest BCUT2D eigenvalue weighted by atomic mass is 35.5. The summed E-state index contributed by atoms with van der Waals surface area (Å²) in [5.74, 6) is 0.0825. The molecule has 0 unspecified atom stereocenters. The number of nitrogens with zero attached hydrogens (tertiary/aromatic N) is 2. The summed E-state index contributed by atoms with van der Waals surface area (Å²) in [7, 11) is 3.35. The zero-order valence-electron chi connectivity index (χ0n) is 10.7. The van der Waals surface area contributed by atoms with E-state index in [9.17, 15) is 9.59 Å². The van der Waals surface area contributed by atoms with Crippen LogP contribution in [0.2, 0.25) is 0 Å². The highest BCUT2D eigenvalue weighted by molar-refractivity contribution is 6.19. The van der Waals surface area contributed by atoms with Gasteiger partial charge in [-0.15, -0.1) is 11.6 Å². The van der Waals surface area contributed by atoms with E-state index in [2.05, 4.69) is 0 Å². The molecule has 0 heterocycles. The van der Waals surface area contributed by atoms with Crippen molar-refractivity contribution in [1.29, 1.82) is 0 Å². The van der Waals surface area contributed by atoms with Crippen molar-refractivity contribution in [3.63, 3.8) is 0 Å². The van der Waals surface area contributed by atoms with Crippen LogP contribution in [0.3, 0.4) is 0 Å². The Kier molecular flexibility index (Phi) is 5.79. The van der Waals surface area contributed by atoms with Gasteiger partial charge in [0, 0.05) is 26.5 Å². The number of hydrogen-bond donors (Lipinski definition) is 0.